The van der Waals surface area contributed by atoms with Gasteiger partial charge in [0.25, 0.3) is 0 Å². The molecular formula is C15H24N2O. The molecular weight excluding hydrogens is 224 g/mol. The topological polar surface area (TPSA) is 35.5 Å². The highest BCUT2D eigenvalue weighted by Crippen LogP contribution is 2.24. The second-order valence-corrected chi connectivity index (χ2v) is 5.49. The number of likely N-dealkylation sites (N-methyl/N-ethyl adjacent to an activating group) is 1. The minimum Gasteiger partial charge on any atom is -0.394 e. The van der Waals surface area contributed by atoms with Gasteiger partial charge in [0.05, 0.1) is 12.1 Å². The van der Waals surface area contributed by atoms with Crippen LogP contribution in [0.5, 0.6) is 0 Å². The first-order valence-electron chi connectivity index (χ1n) is 6.85. The average Bonchev–Trinajstić information content (AvgIpc) is 3.21. The molecule has 18 heavy (non-hydrogen) atoms. The highest BCUT2D eigenvalue weighted by atomic mass is 16.3. The van der Waals surface area contributed by atoms with Gasteiger partial charge in [-0.25, -0.2) is 0 Å². The summed E-state index contributed by atoms with van der Waals surface area (Å²) < 4.78 is 0. The maximum atomic E-state index is 9.66. The number of benzene rings is 1. The monoisotopic (exact) mass is 248 g/mol. The quantitative estimate of drug-likeness (QED) is 0.775. The van der Waals surface area contributed by atoms with Gasteiger partial charge >= 0.3 is 0 Å². The number of anilines is 1. The zero-order chi connectivity index (χ0) is 13.0. The lowest BCUT2D eigenvalue weighted by molar-refractivity contribution is 0.176. The van der Waals surface area contributed by atoms with Crippen molar-refractivity contribution in [3.05, 3.63) is 30.3 Å². The highest BCUT2D eigenvalue weighted by molar-refractivity contribution is 5.46. The van der Waals surface area contributed by atoms with Crippen molar-refractivity contribution < 1.29 is 5.11 Å². The predicted molar refractivity (Wildman–Crippen MR) is 76.0 cm³/mol. The Balaban J connectivity index is 2.03. The Hall–Kier alpha value is -1.06. The van der Waals surface area contributed by atoms with Gasteiger partial charge in [-0.05, 0) is 38.8 Å². The maximum absolute atomic E-state index is 9.66. The van der Waals surface area contributed by atoms with Crippen molar-refractivity contribution in [1.82, 2.24) is 5.32 Å². The fraction of sp³-hybridized carbons (Fsp3) is 0.600. The van der Waals surface area contributed by atoms with Gasteiger partial charge in [-0.1, -0.05) is 18.2 Å². The van der Waals surface area contributed by atoms with Crippen molar-refractivity contribution >= 4 is 5.69 Å². The molecule has 0 amide bonds. The van der Waals surface area contributed by atoms with Crippen LogP contribution in [-0.2, 0) is 0 Å². The molecule has 0 spiro atoms. The summed E-state index contributed by atoms with van der Waals surface area (Å²) in [4.78, 5) is 2.31. The van der Waals surface area contributed by atoms with E-state index in [9.17, 15) is 5.11 Å². The second kappa shape index (κ2) is 5.72. The number of aliphatic hydroxyl groups is 1. The molecule has 1 aromatic rings. The number of aliphatic hydroxyl groups excluding tert-OH is 1. The first kappa shape index (κ1) is 13.4. The largest absolute Gasteiger partial charge is 0.394 e. The van der Waals surface area contributed by atoms with E-state index in [0.717, 1.165) is 13.1 Å². The summed E-state index contributed by atoms with van der Waals surface area (Å²) >= 11 is 0. The van der Waals surface area contributed by atoms with Crippen LogP contribution in [0.25, 0.3) is 0 Å². The van der Waals surface area contributed by atoms with Gasteiger partial charge in [0.15, 0.2) is 0 Å². The van der Waals surface area contributed by atoms with Gasteiger partial charge < -0.3 is 15.3 Å². The van der Waals surface area contributed by atoms with E-state index < -0.39 is 0 Å². The van der Waals surface area contributed by atoms with Crippen LogP contribution in [0.2, 0.25) is 0 Å². The molecule has 100 valence electrons. The minimum absolute atomic E-state index is 0.173. The summed E-state index contributed by atoms with van der Waals surface area (Å²) in [6.45, 7) is 6.22. The summed E-state index contributed by atoms with van der Waals surface area (Å²) in [6.07, 6.45) is 2.49. The Labute approximate surface area is 110 Å². The van der Waals surface area contributed by atoms with Crippen molar-refractivity contribution in [1.29, 1.82) is 0 Å². The van der Waals surface area contributed by atoms with E-state index in [1.165, 1.54) is 18.5 Å². The van der Waals surface area contributed by atoms with Crippen LogP contribution in [0.4, 0.5) is 5.69 Å². The molecule has 3 heteroatoms. The Bertz CT molecular complexity index is 364. The van der Waals surface area contributed by atoms with E-state index in [1.807, 2.05) is 6.07 Å². The van der Waals surface area contributed by atoms with Crippen LogP contribution in [0.1, 0.15) is 26.7 Å². The summed E-state index contributed by atoms with van der Waals surface area (Å²) in [7, 11) is 0. The van der Waals surface area contributed by atoms with E-state index in [4.69, 9.17) is 0 Å². The maximum Gasteiger partial charge on any atom is 0.0628 e. The molecule has 0 bridgehead atoms. The smallest absolute Gasteiger partial charge is 0.0628 e. The first-order chi connectivity index (χ1) is 8.67. The molecule has 1 unspecified atom stereocenters. The Kier molecular flexibility index (Phi) is 4.25. The Morgan fingerprint density at radius 2 is 2.00 bits per heavy atom. The van der Waals surface area contributed by atoms with Crippen LogP contribution in [0.3, 0.4) is 0 Å². The molecule has 3 nitrogen and oxygen atoms in total. The number of nitrogens with zero attached hydrogens (tertiary/aromatic N) is 1. The summed E-state index contributed by atoms with van der Waals surface area (Å²) in [5.41, 5.74) is 1.00. The molecule has 1 saturated carbocycles. The third-order valence-electron chi connectivity index (χ3n) is 3.52. The van der Waals surface area contributed by atoms with Gasteiger partial charge in [0.2, 0.25) is 0 Å². The lowest BCUT2D eigenvalue weighted by Crippen LogP contribution is -2.55. The highest BCUT2D eigenvalue weighted by Gasteiger charge is 2.33. The molecule has 0 heterocycles. The third kappa shape index (κ3) is 3.47. The van der Waals surface area contributed by atoms with Crippen LogP contribution >= 0.6 is 0 Å². The van der Waals surface area contributed by atoms with Gasteiger partial charge in [0, 0.05) is 24.8 Å². The van der Waals surface area contributed by atoms with Gasteiger partial charge in [-0.3, -0.25) is 0 Å². The molecule has 1 aliphatic rings. The summed E-state index contributed by atoms with van der Waals surface area (Å²) in [5.74, 6) is 0. The van der Waals surface area contributed by atoms with E-state index in [1.54, 1.807) is 0 Å². The van der Waals surface area contributed by atoms with Crippen LogP contribution in [0, 0.1) is 0 Å². The van der Waals surface area contributed by atoms with E-state index in [-0.39, 0.29) is 12.1 Å². The molecule has 1 atom stereocenters. The van der Waals surface area contributed by atoms with E-state index in [2.05, 4.69) is 48.3 Å². The van der Waals surface area contributed by atoms with Crippen molar-refractivity contribution in [2.24, 2.45) is 0 Å². The SMILES string of the molecule is CCN(CC(C)(CO)NC1CC1)c1ccccc1. The fourth-order valence-corrected chi connectivity index (χ4v) is 2.31. The number of rotatable bonds is 7. The molecule has 2 rings (SSSR count). The van der Waals surface area contributed by atoms with E-state index >= 15 is 0 Å². The van der Waals surface area contributed by atoms with Gasteiger partial charge in [-0.15, -0.1) is 0 Å². The van der Waals surface area contributed by atoms with Crippen molar-refractivity contribution in [2.75, 3.05) is 24.6 Å². The second-order valence-electron chi connectivity index (χ2n) is 5.49. The molecule has 0 aromatic heterocycles. The lowest BCUT2D eigenvalue weighted by atomic mass is 10.0. The van der Waals surface area contributed by atoms with Crippen molar-refractivity contribution in [3.8, 4) is 0 Å². The third-order valence-corrected chi connectivity index (χ3v) is 3.52. The van der Waals surface area contributed by atoms with Crippen molar-refractivity contribution in [3.63, 3.8) is 0 Å². The molecule has 1 fully saturated rings. The molecule has 1 aliphatic carbocycles. The number of nitrogens with one attached hydrogen (secondary N) is 1. The molecule has 0 saturated heterocycles. The van der Waals surface area contributed by atoms with Crippen LogP contribution in [0.15, 0.2) is 30.3 Å². The first-order valence-corrected chi connectivity index (χ1v) is 6.85. The number of hydrogen-bond acceptors (Lipinski definition) is 3. The number of hydrogen-bond donors (Lipinski definition) is 2. The normalized spacial score (nSPS) is 18.4. The molecule has 0 aliphatic heterocycles. The minimum atomic E-state index is -0.215. The van der Waals surface area contributed by atoms with Crippen molar-refractivity contribution in [2.45, 2.75) is 38.3 Å². The summed E-state index contributed by atoms with van der Waals surface area (Å²) in [5, 5.41) is 13.2. The standard InChI is InChI=1S/C15H24N2O/c1-3-17(14-7-5-4-6-8-14)11-15(2,12-18)16-13-9-10-13/h4-8,13,16,18H,3,9-12H2,1-2H3. The Morgan fingerprint density at radius 1 is 1.33 bits per heavy atom. The molecule has 2 N–H and O–H groups in total. The Morgan fingerprint density at radius 3 is 2.50 bits per heavy atom. The van der Waals surface area contributed by atoms with Crippen LogP contribution in [-0.4, -0.2) is 36.4 Å². The number of para-hydroxylation sites is 1. The average molecular weight is 248 g/mol. The fourth-order valence-electron chi connectivity index (χ4n) is 2.31. The van der Waals surface area contributed by atoms with Gasteiger partial charge in [-0.2, -0.15) is 0 Å². The zero-order valence-corrected chi connectivity index (χ0v) is 11.4. The lowest BCUT2D eigenvalue weighted by Gasteiger charge is -2.36. The van der Waals surface area contributed by atoms with Gasteiger partial charge in [0.1, 0.15) is 0 Å². The van der Waals surface area contributed by atoms with Crippen LogP contribution < -0.4 is 10.2 Å². The predicted octanol–water partition coefficient (Wildman–Crippen LogP) is 2.02. The van der Waals surface area contributed by atoms with E-state index in [0.29, 0.717) is 6.04 Å². The molecule has 0 radical (unpaired) electrons. The molecule has 1 aromatic carbocycles. The summed E-state index contributed by atoms with van der Waals surface area (Å²) in [6, 6.07) is 11.0. The zero-order valence-electron chi connectivity index (χ0n) is 11.4.